The van der Waals surface area contributed by atoms with Gasteiger partial charge >= 0.3 is 0 Å². The van der Waals surface area contributed by atoms with Crippen LogP contribution in [0, 0.1) is 19.3 Å². The molecule has 1 aromatic rings. The minimum absolute atomic E-state index is 0.102. The summed E-state index contributed by atoms with van der Waals surface area (Å²) < 4.78 is 1.68. The van der Waals surface area contributed by atoms with Crippen LogP contribution in [0.2, 0.25) is 5.15 Å². The van der Waals surface area contributed by atoms with Gasteiger partial charge in [-0.05, 0) is 19.8 Å². The highest BCUT2D eigenvalue weighted by molar-refractivity contribution is 6.30. The molecule has 1 aliphatic carbocycles. The van der Waals surface area contributed by atoms with Crippen LogP contribution in [0.5, 0.6) is 0 Å². The number of hydrogen-bond acceptors (Lipinski definition) is 1. The summed E-state index contributed by atoms with van der Waals surface area (Å²) >= 11 is 6.12. The Bertz CT molecular complexity index is 394. The monoisotopic (exact) mass is 194 g/mol. The van der Waals surface area contributed by atoms with Gasteiger partial charge in [0.2, 0.25) is 0 Å². The zero-order chi connectivity index (χ0) is 9.64. The van der Waals surface area contributed by atoms with E-state index in [0.717, 1.165) is 24.1 Å². The van der Waals surface area contributed by atoms with E-state index in [2.05, 4.69) is 11.0 Å². The highest BCUT2D eigenvalue weighted by Gasteiger charge is 2.46. The molecule has 0 atom stereocenters. The summed E-state index contributed by atoms with van der Waals surface area (Å²) in [4.78, 5) is 0. The number of terminal acetylenes is 1. The second-order valence-corrected chi connectivity index (χ2v) is 3.96. The maximum atomic E-state index is 6.12. The second-order valence-electron chi connectivity index (χ2n) is 3.60. The van der Waals surface area contributed by atoms with Crippen molar-refractivity contribution < 1.29 is 0 Å². The van der Waals surface area contributed by atoms with Crippen LogP contribution < -0.4 is 0 Å². The fraction of sp³-hybridized carbons (Fsp3) is 0.500. The van der Waals surface area contributed by atoms with Crippen molar-refractivity contribution in [3.63, 3.8) is 0 Å². The van der Waals surface area contributed by atoms with Crippen LogP contribution in [0.1, 0.15) is 24.1 Å². The zero-order valence-electron chi connectivity index (χ0n) is 7.76. The molecule has 1 aliphatic rings. The fourth-order valence-electron chi connectivity index (χ4n) is 1.77. The lowest BCUT2D eigenvalue weighted by Crippen LogP contribution is -2.04. The third-order valence-electron chi connectivity index (χ3n) is 2.66. The van der Waals surface area contributed by atoms with Gasteiger partial charge in [0.05, 0.1) is 11.1 Å². The average Bonchev–Trinajstić information content (AvgIpc) is 2.81. The molecule has 0 bridgehead atoms. The van der Waals surface area contributed by atoms with Crippen LogP contribution in [0.15, 0.2) is 0 Å². The Kier molecular flexibility index (Phi) is 1.68. The molecule has 0 unspecified atom stereocenters. The van der Waals surface area contributed by atoms with E-state index in [0.29, 0.717) is 5.15 Å². The van der Waals surface area contributed by atoms with E-state index in [-0.39, 0.29) is 5.41 Å². The SMILES string of the molecule is C#CC1(c2c(C)nn(C)c2Cl)CC1. The summed E-state index contributed by atoms with van der Waals surface area (Å²) in [6, 6.07) is 0. The first-order valence-electron chi connectivity index (χ1n) is 4.28. The predicted octanol–water partition coefficient (Wildman–Crippen LogP) is 2.05. The Hall–Kier alpha value is -0.940. The van der Waals surface area contributed by atoms with E-state index in [1.165, 1.54) is 0 Å². The van der Waals surface area contributed by atoms with Gasteiger partial charge in [0, 0.05) is 12.6 Å². The van der Waals surface area contributed by atoms with Crippen molar-refractivity contribution in [3.05, 3.63) is 16.4 Å². The van der Waals surface area contributed by atoms with Gasteiger partial charge in [-0.2, -0.15) is 5.10 Å². The van der Waals surface area contributed by atoms with Gasteiger partial charge < -0.3 is 0 Å². The van der Waals surface area contributed by atoms with Gasteiger partial charge in [-0.25, -0.2) is 0 Å². The quantitative estimate of drug-likeness (QED) is 0.626. The molecule has 0 aromatic carbocycles. The molecule has 0 saturated heterocycles. The molecule has 13 heavy (non-hydrogen) atoms. The molecule has 0 radical (unpaired) electrons. The van der Waals surface area contributed by atoms with Crippen LogP contribution in [0.4, 0.5) is 0 Å². The third-order valence-corrected chi connectivity index (χ3v) is 3.09. The van der Waals surface area contributed by atoms with E-state index in [1.807, 2.05) is 14.0 Å². The lowest BCUT2D eigenvalue weighted by atomic mass is 9.98. The van der Waals surface area contributed by atoms with Gasteiger partial charge in [0.1, 0.15) is 5.15 Å². The van der Waals surface area contributed by atoms with Crippen molar-refractivity contribution in [3.8, 4) is 12.3 Å². The number of hydrogen-bond donors (Lipinski definition) is 0. The smallest absolute Gasteiger partial charge is 0.131 e. The summed E-state index contributed by atoms with van der Waals surface area (Å²) in [5.41, 5.74) is 1.91. The van der Waals surface area contributed by atoms with Crippen molar-refractivity contribution in [1.29, 1.82) is 0 Å². The molecular weight excluding hydrogens is 184 g/mol. The minimum atomic E-state index is -0.102. The number of aryl methyl sites for hydroxylation is 2. The maximum absolute atomic E-state index is 6.12. The Morgan fingerprint density at radius 3 is 2.54 bits per heavy atom. The molecule has 2 rings (SSSR count). The van der Waals surface area contributed by atoms with Crippen LogP contribution in [0.25, 0.3) is 0 Å². The van der Waals surface area contributed by atoms with E-state index >= 15 is 0 Å². The first-order valence-corrected chi connectivity index (χ1v) is 4.66. The number of rotatable bonds is 1. The van der Waals surface area contributed by atoms with E-state index in [1.54, 1.807) is 4.68 Å². The Labute approximate surface area is 82.9 Å². The first-order chi connectivity index (χ1) is 6.10. The Morgan fingerprint density at radius 2 is 2.23 bits per heavy atom. The van der Waals surface area contributed by atoms with Crippen molar-refractivity contribution in [1.82, 2.24) is 9.78 Å². The summed E-state index contributed by atoms with van der Waals surface area (Å²) in [6.45, 7) is 1.96. The number of halogens is 1. The van der Waals surface area contributed by atoms with Gasteiger partial charge in [0.25, 0.3) is 0 Å². The highest BCUT2D eigenvalue weighted by Crippen LogP contribution is 2.50. The summed E-state index contributed by atoms with van der Waals surface area (Å²) in [5.74, 6) is 2.83. The molecule has 0 spiro atoms. The van der Waals surface area contributed by atoms with Crippen molar-refractivity contribution >= 4 is 11.6 Å². The largest absolute Gasteiger partial charge is 0.256 e. The van der Waals surface area contributed by atoms with E-state index in [9.17, 15) is 0 Å². The zero-order valence-corrected chi connectivity index (χ0v) is 8.52. The van der Waals surface area contributed by atoms with E-state index < -0.39 is 0 Å². The van der Waals surface area contributed by atoms with Crippen LogP contribution in [-0.2, 0) is 12.5 Å². The molecule has 3 heteroatoms. The van der Waals surface area contributed by atoms with Gasteiger partial charge in [-0.3, -0.25) is 4.68 Å². The average molecular weight is 195 g/mol. The lowest BCUT2D eigenvalue weighted by Gasteiger charge is -2.06. The molecule has 1 aromatic heterocycles. The van der Waals surface area contributed by atoms with Gasteiger partial charge in [-0.15, -0.1) is 6.42 Å². The molecule has 68 valence electrons. The predicted molar refractivity (Wildman–Crippen MR) is 52.7 cm³/mol. The van der Waals surface area contributed by atoms with E-state index in [4.69, 9.17) is 18.0 Å². The molecule has 0 aliphatic heterocycles. The van der Waals surface area contributed by atoms with Crippen LogP contribution in [0.3, 0.4) is 0 Å². The van der Waals surface area contributed by atoms with Crippen LogP contribution in [-0.4, -0.2) is 9.78 Å². The summed E-state index contributed by atoms with van der Waals surface area (Å²) in [6.07, 6.45) is 7.58. The summed E-state index contributed by atoms with van der Waals surface area (Å²) in [7, 11) is 1.84. The molecule has 2 nitrogen and oxygen atoms in total. The number of nitrogens with zero attached hydrogens (tertiary/aromatic N) is 2. The normalized spacial score (nSPS) is 18.3. The Balaban J connectivity index is 2.59. The topological polar surface area (TPSA) is 17.8 Å². The third kappa shape index (κ3) is 1.08. The molecule has 0 N–H and O–H groups in total. The van der Waals surface area contributed by atoms with Crippen molar-refractivity contribution in [2.24, 2.45) is 7.05 Å². The molecule has 1 fully saturated rings. The fourth-order valence-corrected chi connectivity index (χ4v) is 2.12. The first kappa shape index (κ1) is 8.65. The molecule has 1 heterocycles. The standard InChI is InChI=1S/C10H11ClN2/c1-4-10(5-6-10)8-7(2)12-13(3)9(8)11/h1H,5-6H2,2-3H3. The van der Waals surface area contributed by atoms with Gasteiger partial charge in [-0.1, -0.05) is 17.5 Å². The van der Waals surface area contributed by atoms with Crippen molar-refractivity contribution in [2.45, 2.75) is 25.2 Å². The minimum Gasteiger partial charge on any atom is -0.256 e. The van der Waals surface area contributed by atoms with Crippen LogP contribution >= 0.6 is 11.6 Å². The summed E-state index contributed by atoms with van der Waals surface area (Å²) in [5, 5.41) is 4.94. The highest BCUT2D eigenvalue weighted by atomic mass is 35.5. The molecule has 1 saturated carbocycles. The molecule has 0 amide bonds. The second kappa shape index (κ2) is 2.52. The number of aromatic nitrogens is 2. The maximum Gasteiger partial charge on any atom is 0.131 e. The van der Waals surface area contributed by atoms with Crippen molar-refractivity contribution in [2.75, 3.05) is 0 Å². The Morgan fingerprint density at radius 1 is 1.62 bits per heavy atom. The van der Waals surface area contributed by atoms with Gasteiger partial charge in [0.15, 0.2) is 0 Å². The molecular formula is C10H11ClN2. The lowest BCUT2D eigenvalue weighted by molar-refractivity contribution is 0.757.